The summed E-state index contributed by atoms with van der Waals surface area (Å²) < 4.78 is 5.45. The van der Waals surface area contributed by atoms with Crippen LogP contribution in [0.3, 0.4) is 0 Å². The number of ether oxygens (including phenoxy) is 1. The Morgan fingerprint density at radius 3 is 2.52 bits per heavy atom. The molecule has 6 heteroatoms. The van der Waals surface area contributed by atoms with E-state index < -0.39 is 0 Å². The van der Waals surface area contributed by atoms with Gasteiger partial charge in [-0.15, -0.1) is 11.3 Å². The third-order valence-electron chi connectivity index (χ3n) is 5.54. The molecule has 1 N–H and O–H groups in total. The summed E-state index contributed by atoms with van der Waals surface area (Å²) in [6, 6.07) is 16.7. The van der Waals surface area contributed by atoms with Crippen molar-refractivity contribution in [3.8, 4) is 11.3 Å². The number of thiazole rings is 1. The van der Waals surface area contributed by atoms with Crippen LogP contribution in [-0.2, 0) is 29.0 Å². The standard InChI is InChI=1S/C25H29N3O2S/c1-18-7-9-20(10-8-18)25-23(31-19(2)27-25)15-24(29)26-16-21-5-3-4-6-22(21)17-28-11-13-30-14-12-28/h3-10H,11-17H2,1-2H3,(H,26,29). The van der Waals surface area contributed by atoms with Crippen molar-refractivity contribution in [2.75, 3.05) is 26.3 Å². The number of hydrogen-bond acceptors (Lipinski definition) is 5. The Kier molecular flexibility index (Phi) is 7.12. The normalized spacial score (nSPS) is 14.5. The number of morpholine rings is 1. The van der Waals surface area contributed by atoms with Crippen LogP contribution in [0.5, 0.6) is 0 Å². The van der Waals surface area contributed by atoms with E-state index in [1.54, 1.807) is 11.3 Å². The van der Waals surface area contributed by atoms with Crippen molar-refractivity contribution in [2.24, 2.45) is 0 Å². The van der Waals surface area contributed by atoms with Crippen molar-refractivity contribution in [2.45, 2.75) is 33.4 Å². The van der Waals surface area contributed by atoms with E-state index in [4.69, 9.17) is 4.74 Å². The van der Waals surface area contributed by atoms with Crippen LogP contribution in [0.4, 0.5) is 0 Å². The van der Waals surface area contributed by atoms with Crippen molar-refractivity contribution in [1.82, 2.24) is 15.2 Å². The predicted molar refractivity (Wildman–Crippen MR) is 125 cm³/mol. The van der Waals surface area contributed by atoms with Crippen LogP contribution in [0.2, 0.25) is 0 Å². The highest BCUT2D eigenvalue weighted by atomic mass is 32.1. The van der Waals surface area contributed by atoms with E-state index in [2.05, 4.69) is 64.6 Å². The predicted octanol–water partition coefficient (Wildman–Crippen LogP) is 4.12. The highest BCUT2D eigenvalue weighted by Crippen LogP contribution is 2.28. The van der Waals surface area contributed by atoms with Gasteiger partial charge in [0.05, 0.1) is 30.3 Å². The summed E-state index contributed by atoms with van der Waals surface area (Å²) in [7, 11) is 0. The molecule has 0 saturated carbocycles. The molecule has 5 nitrogen and oxygen atoms in total. The third-order valence-corrected chi connectivity index (χ3v) is 6.51. The monoisotopic (exact) mass is 435 g/mol. The van der Waals surface area contributed by atoms with Gasteiger partial charge >= 0.3 is 0 Å². The summed E-state index contributed by atoms with van der Waals surface area (Å²) in [5, 5.41) is 4.10. The third kappa shape index (κ3) is 5.79. The summed E-state index contributed by atoms with van der Waals surface area (Å²) in [6.07, 6.45) is 0.348. The van der Waals surface area contributed by atoms with Gasteiger partial charge in [0, 0.05) is 36.6 Å². The van der Waals surface area contributed by atoms with Crippen molar-refractivity contribution in [1.29, 1.82) is 0 Å². The fourth-order valence-corrected chi connectivity index (χ4v) is 4.77. The second-order valence-electron chi connectivity index (χ2n) is 7.98. The van der Waals surface area contributed by atoms with Crippen molar-refractivity contribution in [3.05, 3.63) is 75.1 Å². The van der Waals surface area contributed by atoms with Gasteiger partial charge in [0.2, 0.25) is 5.91 Å². The molecule has 2 aromatic carbocycles. The van der Waals surface area contributed by atoms with Crippen LogP contribution in [0.15, 0.2) is 48.5 Å². The number of benzene rings is 2. The fraction of sp³-hybridized carbons (Fsp3) is 0.360. The van der Waals surface area contributed by atoms with Crippen LogP contribution in [0.25, 0.3) is 11.3 Å². The quantitative estimate of drug-likeness (QED) is 0.607. The van der Waals surface area contributed by atoms with Gasteiger partial charge in [0.1, 0.15) is 0 Å². The molecule has 1 fully saturated rings. The molecule has 0 atom stereocenters. The van der Waals surface area contributed by atoms with E-state index in [0.717, 1.165) is 54.0 Å². The lowest BCUT2D eigenvalue weighted by Crippen LogP contribution is -2.36. The second kappa shape index (κ2) is 10.2. The van der Waals surface area contributed by atoms with Crippen LogP contribution in [0, 0.1) is 13.8 Å². The van der Waals surface area contributed by atoms with E-state index in [0.29, 0.717) is 13.0 Å². The number of nitrogens with one attached hydrogen (secondary N) is 1. The van der Waals surface area contributed by atoms with E-state index in [1.165, 1.54) is 16.7 Å². The molecule has 0 spiro atoms. The molecule has 162 valence electrons. The lowest BCUT2D eigenvalue weighted by atomic mass is 10.1. The average Bonchev–Trinajstić information content (AvgIpc) is 3.14. The largest absolute Gasteiger partial charge is 0.379 e. The Bertz CT molecular complexity index is 1020. The minimum Gasteiger partial charge on any atom is -0.379 e. The topological polar surface area (TPSA) is 54.5 Å². The van der Waals surface area contributed by atoms with Gasteiger partial charge in [-0.1, -0.05) is 54.1 Å². The lowest BCUT2D eigenvalue weighted by molar-refractivity contribution is -0.120. The fourth-order valence-electron chi connectivity index (χ4n) is 3.81. The Balaban J connectivity index is 1.40. The summed E-state index contributed by atoms with van der Waals surface area (Å²) >= 11 is 1.60. The summed E-state index contributed by atoms with van der Waals surface area (Å²) in [5.41, 5.74) is 5.63. The maximum absolute atomic E-state index is 12.8. The van der Waals surface area contributed by atoms with Crippen molar-refractivity contribution in [3.63, 3.8) is 0 Å². The molecule has 3 aromatic rings. The smallest absolute Gasteiger partial charge is 0.225 e. The molecule has 1 aliphatic heterocycles. The van der Waals surface area contributed by atoms with Crippen LogP contribution < -0.4 is 5.32 Å². The SMILES string of the molecule is Cc1ccc(-c2nc(C)sc2CC(=O)NCc2ccccc2CN2CCOCC2)cc1. The number of aryl methyl sites for hydroxylation is 2. The van der Waals surface area contributed by atoms with Gasteiger partial charge in [0.25, 0.3) is 0 Å². The molecular formula is C25H29N3O2S. The molecule has 1 aromatic heterocycles. The maximum Gasteiger partial charge on any atom is 0.225 e. The number of rotatable bonds is 7. The number of carbonyl (C=O) groups excluding carboxylic acids is 1. The minimum atomic E-state index is 0.0261. The summed E-state index contributed by atoms with van der Waals surface area (Å²) in [5.74, 6) is 0.0261. The first-order valence-corrected chi connectivity index (χ1v) is 11.6. The maximum atomic E-state index is 12.8. The summed E-state index contributed by atoms with van der Waals surface area (Å²) in [4.78, 5) is 20.9. The van der Waals surface area contributed by atoms with Gasteiger partial charge in [-0.3, -0.25) is 9.69 Å². The van der Waals surface area contributed by atoms with E-state index >= 15 is 0 Å². The van der Waals surface area contributed by atoms with Crippen molar-refractivity contribution >= 4 is 17.2 Å². The average molecular weight is 436 g/mol. The van der Waals surface area contributed by atoms with Crippen LogP contribution >= 0.6 is 11.3 Å². The van der Waals surface area contributed by atoms with Crippen LogP contribution in [0.1, 0.15) is 26.6 Å². The molecule has 1 amide bonds. The molecule has 0 radical (unpaired) electrons. The number of nitrogens with zero attached hydrogens (tertiary/aromatic N) is 2. The zero-order valence-corrected chi connectivity index (χ0v) is 19.0. The first kappa shape index (κ1) is 21.7. The zero-order valence-electron chi connectivity index (χ0n) is 18.2. The number of hydrogen-bond donors (Lipinski definition) is 1. The first-order valence-electron chi connectivity index (χ1n) is 10.8. The highest BCUT2D eigenvalue weighted by molar-refractivity contribution is 7.12. The second-order valence-corrected chi connectivity index (χ2v) is 9.27. The molecule has 0 bridgehead atoms. The minimum absolute atomic E-state index is 0.0261. The first-order chi connectivity index (χ1) is 15.1. The van der Waals surface area contributed by atoms with Gasteiger partial charge in [-0.05, 0) is 25.0 Å². The number of carbonyl (C=O) groups is 1. The van der Waals surface area contributed by atoms with E-state index in [-0.39, 0.29) is 5.91 Å². The molecule has 31 heavy (non-hydrogen) atoms. The summed E-state index contributed by atoms with van der Waals surface area (Å²) in [6.45, 7) is 8.97. The van der Waals surface area contributed by atoms with Gasteiger partial charge < -0.3 is 10.1 Å². The Hall–Kier alpha value is -2.54. The molecule has 1 saturated heterocycles. The lowest BCUT2D eigenvalue weighted by Gasteiger charge is -2.27. The Labute approximate surface area is 188 Å². The van der Waals surface area contributed by atoms with Crippen molar-refractivity contribution < 1.29 is 9.53 Å². The van der Waals surface area contributed by atoms with E-state index in [1.807, 2.05) is 13.0 Å². The molecule has 1 aliphatic rings. The molecular weight excluding hydrogens is 406 g/mol. The molecule has 0 unspecified atom stereocenters. The van der Waals surface area contributed by atoms with Gasteiger partial charge in [-0.25, -0.2) is 4.98 Å². The molecule has 2 heterocycles. The van der Waals surface area contributed by atoms with Gasteiger partial charge in [0.15, 0.2) is 0 Å². The number of amides is 1. The Morgan fingerprint density at radius 2 is 1.77 bits per heavy atom. The number of aromatic nitrogens is 1. The molecule has 0 aliphatic carbocycles. The molecule has 4 rings (SSSR count). The van der Waals surface area contributed by atoms with Crippen LogP contribution in [-0.4, -0.2) is 42.1 Å². The van der Waals surface area contributed by atoms with Gasteiger partial charge in [-0.2, -0.15) is 0 Å². The Morgan fingerprint density at radius 1 is 1.06 bits per heavy atom. The highest BCUT2D eigenvalue weighted by Gasteiger charge is 2.16. The zero-order chi connectivity index (χ0) is 21.6. The van der Waals surface area contributed by atoms with E-state index in [9.17, 15) is 4.79 Å².